The molecule has 1 N–H and O–H groups in total. The molecule has 4 heteroatoms. The quantitative estimate of drug-likeness (QED) is 0.878. The Labute approximate surface area is 108 Å². The van der Waals surface area contributed by atoms with Crippen LogP contribution in [0.1, 0.15) is 25.3 Å². The molecular formula is C12H17Cl2NO. The third kappa shape index (κ3) is 3.85. The van der Waals surface area contributed by atoms with E-state index >= 15 is 0 Å². The highest BCUT2D eigenvalue weighted by molar-refractivity contribution is 6.30. The first-order chi connectivity index (χ1) is 7.29. The first-order valence-corrected chi connectivity index (χ1v) is 5.82. The second-order valence-corrected chi connectivity index (χ2v) is 4.28. The van der Waals surface area contributed by atoms with E-state index in [0.717, 1.165) is 22.9 Å². The molecule has 1 fully saturated rings. The molecular weight excluding hydrogens is 245 g/mol. The van der Waals surface area contributed by atoms with E-state index in [1.165, 1.54) is 12.8 Å². The molecule has 1 aliphatic rings. The standard InChI is InChI=1S/C12H16ClNO.ClH/c1-2-15-12-6-3-10(13)7-9(12)8-14-11-4-5-11;/h3,6-7,11,14H,2,4-5,8H2,1H3;1H. The third-order valence-corrected chi connectivity index (χ3v) is 2.72. The van der Waals surface area contributed by atoms with E-state index in [2.05, 4.69) is 5.32 Å². The van der Waals surface area contributed by atoms with Crippen molar-refractivity contribution in [1.82, 2.24) is 5.32 Å². The number of benzene rings is 1. The van der Waals surface area contributed by atoms with Gasteiger partial charge in [-0.05, 0) is 38.0 Å². The first kappa shape index (κ1) is 13.6. The fraction of sp³-hybridized carbons (Fsp3) is 0.500. The van der Waals surface area contributed by atoms with Crippen molar-refractivity contribution in [2.24, 2.45) is 0 Å². The van der Waals surface area contributed by atoms with Crippen molar-refractivity contribution >= 4 is 24.0 Å². The van der Waals surface area contributed by atoms with Crippen LogP contribution in [0.15, 0.2) is 18.2 Å². The molecule has 16 heavy (non-hydrogen) atoms. The number of rotatable bonds is 5. The highest BCUT2D eigenvalue weighted by Gasteiger charge is 2.20. The van der Waals surface area contributed by atoms with Gasteiger partial charge in [-0.2, -0.15) is 0 Å². The van der Waals surface area contributed by atoms with Crippen LogP contribution in [0.25, 0.3) is 0 Å². The normalized spacial score (nSPS) is 14.4. The number of nitrogens with one attached hydrogen (secondary N) is 1. The van der Waals surface area contributed by atoms with Gasteiger partial charge >= 0.3 is 0 Å². The summed E-state index contributed by atoms with van der Waals surface area (Å²) in [5.74, 6) is 0.940. The van der Waals surface area contributed by atoms with Crippen molar-refractivity contribution in [2.45, 2.75) is 32.4 Å². The molecule has 0 saturated heterocycles. The van der Waals surface area contributed by atoms with Crippen LogP contribution in [0.3, 0.4) is 0 Å². The summed E-state index contributed by atoms with van der Waals surface area (Å²) in [5, 5.41) is 4.23. The summed E-state index contributed by atoms with van der Waals surface area (Å²) >= 11 is 5.96. The van der Waals surface area contributed by atoms with Crippen LogP contribution in [-0.2, 0) is 6.54 Å². The van der Waals surface area contributed by atoms with E-state index in [0.29, 0.717) is 12.6 Å². The Balaban J connectivity index is 0.00000128. The maximum absolute atomic E-state index is 5.96. The predicted molar refractivity (Wildman–Crippen MR) is 69.7 cm³/mol. The molecule has 2 nitrogen and oxygen atoms in total. The highest BCUT2D eigenvalue weighted by Crippen LogP contribution is 2.25. The summed E-state index contributed by atoms with van der Waals surface area (Å²) in [4.78, 5) is 0. The molecule has 2 rings (SSSR count). The Hall–Kier alpha value is -0.440. The van der Waals surface area contributed by atoms with E-state index in [9.17, 15) is 0 Å². The lowest BCUT2D eigenvalue weighted by Crippen LogP contribution is -2.16. The number of hydrogen-bond donors (Lipinski definition) is 1. The summed E-state index contributed by atoms with van der Waals surface area (Å²) in [7, 11) is 0. The minimum atomic E-state index is 0. The molecule has 1 aliphatic carbocycles. The van der Waals surface area contributed by atoms with Crippen molar-refractivity contribution in [3.05, 3.63) is 28.8 Å². The Bertz CT molecular complexity index is 340. The minimum absolute atomic E-state index is 0. The maximum Gasteiger partial charge on any atom is 0.123 e. The molecule has 0 unspecified atom stereocenters. The van der Waals surface area contributed by atoms with Crippen molar-refractivity contribution in [1.29, 1.82) is 0 Å². The van der Waals surface area contributed by atoms with E-state index in [1.807, 2.05) is 25.1 Å². The van der Waals surface area contributed by atoms with Crippen LogP contribution in [0.2, 0.25) is 5.02 Å². The molecule has 0 radical (unpaired) electrons. The van der Waals surface area contributed by atoms with Gasteiger partial charge in [0.25, 0.3) is 0 Å². The van der Waals surface area contributed by atoms with E-state index < -0.39 is 0 Å². The van der Waals surface area contributed by atoms with Gasteiger partial charge in [0, 0.05) is 23.2 Å². The van der Waals surface area contributed by atoms with E-state index in [1.54, 1.807) is 0 Å². The van der Waals surface area contributed by atoms with Crippen LogP contribution < -0.4 is 10.1 Å². The topological polar surface area (TPSA) is 21.3 Å². The average Bonchev–Trinajstić information content (AvgIpc) is 3.02. The largest absolute Gasteiger partial charge is 0.494 e. The molecule has 1 aromatic carbocycles. The van der Waals surface area contributed by atoms with Crippen LogP contribution in [0.5, 0.6) is 5.75 Å². The van der Waals surface area contributed by atoms with Crippen LogP contribution in [0, 0.1) is 0 Å². The zero-order chi connectivity index (χ0) is 10.7. The van der Waals surface area contributed by atoms with Gasteiger partial charge in [0.2, 0.25) is 0 Å². The molecule has 90 valence electrons. The third-order valence-electron chi connectivity index (χ3n) is 2.48. The van der Waals surface area contributed by atoms with E-state index in [4.69, 9.17) is 16.3 Å². The summed E-state index contributed by atoms with van der Waals surface area (Å²) < 4.78 is 5.55. The van der Waals surface area contributed by atoms with Crippen molar-refractivity contribution in [2.75, 3.05) is 6.61 Å². The van der Waals surface area contributed by atoms with Gasteiger partial charge in [0.15, 0.2) is 0 Å². The van der Waals surface area contributed by atoms with Gasteiger partial charge in [-0.15, -0.1) is 12.4 Å². The van der Waals surface area contributed by atoms with E-state index in [-0.39, 0.29) is 12.4 Å². The van der Waals surface area contributed by atoms with Crippen molar-refractivity contribution in [3.63, 3.8) is 0 Å². The van der Waals surface area contributed by atoms with Crippen LogP contribution in [-0.4, -0.2) is 12.6 Å². The SMILES string of the molecule is CCOc1ccc(Cl)cc1CNC1CC1.Cl. The lowest BCUT2D eigenvalue weighted by molar-refractivity contribution is 0.335. The molecule has 0 heterocycles. The number of ether oxygens (including phenoxy) is 1. The molecule has 0 spiro atoms. The van der Waals surface area contributed by atoms with Crippen molar-refractivity contribution in [3.8, 4) is 5.75 Å². The van der Waals surface area contributed by atoms with Gasteiger partial charge in [-0.25, -0.2) is 0 Å². The Morgan fingerprint density at radius 3 is 2.81 bits per heavy atom. The van der Waals surface area contributed by atoms with Crippen LogP contribution >= 0.6 is 24.0 Å². The van der Waals surface area contributed by atoms with Crippen LogP contribution in [0.4, 0.5) is 0 Å². The Morgan fingerprint density at radius 1 is 1.44 bits per heavy atom. The fourth-order valence-corrected chi connectivity index (χ4v) is 1.72. The summed E-state index contributed by atoms with van der Waals surface area (Å²) in [6.45, 7) is 3.53. The first-order valence-electron chi connectivity index (χ1n) is 5.44. The summed E-state index contributed by atoms with van der Waals surface area (Å²) in [5.41, 5.74) is 1.15. The van der Waals surface area contributed by atoms with Gasteiger partial charge in [0.05, 0.1) is 6.61 Å². The molecule has 0 aliphatic heterocycles. The van der Waals surface area contributed by atoms with Gasteiger partial charge in [-0.1, -0.05) is 11.6 Å². The smallest absolute Gasteiger partial charge is 0.123 e. The average molecular weight is 262 g/mol. The van der Waals surface area contributed by atoms with Crippen molar-refractivity contribution < 1.29 is 4.74 Å². The second kappa shape index (κ2) is 6.33. The molecule has 1 saturated carbocycles. The number of halogens is 2. The second-order valence-electron chi connectivity index (χ2n) is 3.84. The van der Waals surface area contributed by atoms with Gasteiger partial charge in [-0.3, -0.25) is 0 Å². The highest BCUT2D eigenvalue weighted by atomic mass is 35.5. The molecule has 1 aromatic rings. The maximum atomic E-state index is 5.96. The number of hydrogen-bond acceptors (Lipinski definition) is 2. The Morgan fingerprint density at radius 2 is 2.19 bits per heavy atom. The summed E-state index contributed by atoms with van der Waals surface area (Å²) in [6.07, 6.45) is 2.59. The monoisotopic (exact) mass is 261 g/mol. The molecule has 0 bridgehead atoms. The lowest BCUT2D eigenvalue weighted by Gasteiger charge is -2.11. The zero-order valence-corrected chi connectivity index (χ0v) is 10.9. The lowest BCUT2D eigenvalue weighted by atomic mass is 10.2. The fourth-order valence-electron chi connectivity index (χ4n) is 1.52. The summed E-state index contributed by atoms with van der Waals surface area (Å²) in [6, 6.07) is 6.49. The molecule has 0 aromatic heterocycles. The van der Waals surface area contributed by atoms with Gasteiger partial charge < -0.3 is 10.1 Å². The molecule has 0 atom stereocenters. The predicted octanol–water partition coefficient (Wildman–Crippen LogP) is 3.41. The minimum Gasteiger partial charge on any atom is -0.494 e. The molecule has 0 amide bonds. The van der Waals surface area contributed by atoms with Gasteiger partial charge in [0.1, 0.15) is 5.75 Å². The Kier molecular flexibility index (Phi) is 5.39. The zero-order valence-electron chi connectivity index (χ0n) is 9.33.